The summed E-state index contributed by atoms with van der Waals surface area (Å²) in [4.78, 5) is 23.6. The highest BCUT2D eigenvalue weighted by atomic mass is 19.2. The third-order valence-electron chi connectivity index (χ3n) is 2.93. The Labute approximate surface area is 134 Å². The molecule has 0 saturated heterocycles. The van der Waals surface area contributed by atoms with Crippen molar-refractivity contribution in [2.75, 3.05) is 0 Å². The van der Waals surface area contributed by atoms with E-state index in [9.17, 15) is 18.4 Å². The lowest BCUT2D eigenvalue weighted by Gasteiger charge is -2.22. The summed E-state index contributed by atoms with van der Waals surface area (Å²) in [6, 6.07) is 2.02. The maximum atomic E-state index is 13.2. The van der Waals surface area contributed by atoms with E-state index in [4.69, 9.17) is 4.74 Å². The van der Waals surface area contributed by atoms with Gasteiger partial charge in [-0.1, -0.05) is 6.07 Å². The van der Waals surface area contributed by atoms with Crippen LogP contribution in [0.25, 0.3) is 0 Å². The van der Waals surface area contributed by atoms with E-state index in [1.807, 2.05) is 0 Å². The number of ether oxygens (including phenoxy) is 1. The van der Waals surface area contributed by atoms with E-state index in [1.165, 1.54) is 13.0 Å². The van der Waals surface area contributed by atoms with E-state index in [1.54, 1.807) is 27.7 Å². The van der Waals surface area contributed by atoms with Crippen LogP contribution < -0.4 is 10.6 Å². The summed E-state index contributed by atoms with van der Waals surface area (Å²) in [5.41, 5.74) is -0.249. The number of hydrogen-bond acceptors (Lipinski definition) is 3. The zero-order chi connectivity index (χ0) is 17.8. The molecule has 0 radical (unpaired) electrons. The molecule has 0 saturated carbocycles. The van der Waals surface area contributed by atoms with Crippen molar-refractivity contribution in [3.63, 3.8) is 0 Å². The average molecular weight is 328 g/mol. The molecule has 0 spiro atoms. The molecule has 0 heterocycles. The van der Waals surface area contributed by atoms with Gasteiger partial charge >= 0.3 is 6.09 Å². The number of carbonyl (C=O) groups excluding carboxylic acids is 2. The monoisotopic (exact) mass is 328 g/mol. The van der Waals surface area contributed by atoms with Crippen LogP contribution in [-0.4, -0.2) is 23.6 Å². The lowest BCUT2D eigenvalue weighted by atomic mass is 10.1. The molecular weight excluding hydrogens is 306 g/mol. The molecule has 0 unspecified atom stereocenters. The van der Waals surface area contributed by atoms with Crippen LogP contribution in [-0.2, 0) is 9.53 Å². The minimum atomic E-state index is -0.983. The average Bonchev–Trinajstić information content (AvgIpc) is 2.39. The fourth-order valence-corrected chi connectivity index (χ4v) is 1.75. The van der Waals surface area contributed by atoms with Gasteiger partial charge in [-0.25, -0.2) is 13.6 Å². The van der Waals surface area contributed by atoms with Gasteiger partial charge < -0.3 is 15.4 Å². The first-order chi connectivity index (χ1) is 10.5. The van der Waals surface area contributed by atoms with E-state index in [0.717, 1.165) is 12.1 Å². The first kappa shape index (κ1) is 18.9. The quantitative estimate of drug-likeness (QED) is 0.892. The Balaban J connectivity index is 2.60. The van der Waals surface area contributed by atoms with Gasteiger partial charge in [0.25, 0.3) is 0 Å². The maximum Gasteiger partial charge on any atom is 0.408 e. The zero-order valence-electron chi connectivity index (χ0n) is 13.9. The largest absolute Gasteiger partial charge is 0.444 e. The van der Waals surface area contributed by atoms with Gasteiger partial charge in [0, 0.05) is 0 Å². The van der Waals surface area contributed by atoms with Crippen LogP contribution in [0, 0.1) is 11.6 Å². The molecule has 1 aromatic carbocycles. The van der Waals surface area contributed by atoms with Crippen molar-refractivity contribution in [3.8, 4) is 0 Å². The summed E-state index contributed by atoms with van der Waals surface area (Å²) in [5.74, 6) is -2.40. The number of carbonyl (C=O) groups is 2. The van der Waals surface area contributed by atoms with Crippen LogP contribution in [0.4, 0.5) is 13.6 Å². The highest BCUT2D eigenvalue weighted by Crippen LogP contribution is 2.16. The van der Waals surface area contributed by atoms with Gasteiger partial charge in [0.2, 0.25) is 5.91 Å². The Kier molecular flexibility index (Phi) is 6.06. The molecule has 1 rings (SSSR count). The highest BCUT2D eigenvalue weighted by Gasteiger charge is 2.22. The molecule has 7 heteroatoms. The lowest BCUT2D eigenvalue weighted by molar-refractivity contribution is -0.123. The molecule has 0 aromatic heterocycles. The molecule has 2 N–H and O–H groups in total. The molecule has 5 nitrogen and oxygen atoms in total. The van der Waals surface area contributed by atoms with E-state index < -0.39 is 41.3 Å². The molecule has 23 heavy (non-hydrogen) atoms. The van der Waals surface area contributed by atoms with E-state index in [2.05, 4.69) is 10.6 Å². The number of hydrogen-bond donors (Lipinski definition) is 2. The maximum absolute atomic E-state index is 13.2. The predicted molar refractivity (Wildman–Crippen MR) is 81.7 cm³/mol. The standard InChI is InChI=1S/C16H22F2N2O3/c1-9(11-6-7-12(17)13(18)8-11)19-14(21)10(2)20-15(22)23-16(3,4)5/h6-10H,1-5H3,(H,19,21)(H,20,22)/t9-,10+/m0/s1. The summed E-state index contributed by atoms with van der Waals surface area (Å²) < 4.78 is 31.2. The van der Waals surface area contributed by atoms with E-state index in [0.29, 0.717) is 5.56 Å². The number of amides is 2. The van der Waals surface area contributed by atoms with Gasteiger partial charge in [-0.05, 0) is 52.3 Å². The molecule has 128 valence electrons. The third-order valence-corrected chi connectivity index (χ3v) is 2.93. The minimum absolute atomic E-state index is 0.418. The van der Waals surface area contributed by atoms with Crippen LogP contribution in [0.5, 0.6) is 0 Å². The van der Waals surface area contributed by atoms with Gasteiger partial charge in [0.05, 0.1) is 6.04 Å². The van der Waals surface area contributed by atoms with Crippen LogP contribution in [0.2, 0.25) is 0 Å². The van der Waals surface area contributed by atoms with Crippen molar-refractivity contribution in [1.29, 1.82) is 0 Å². The van der Waals surface area contributed by atoms with Gasteiger partial charge in [-0.15, -0.1) is 0 Å². The minimum Gasteiger partial charge on any atom is -0.444 e. The molecular formula is C16H22F2N2O3. The lowest BCUT2D eigenvalue weighted by Crippen LogP contribution is -2.47. The SMILES string of the molecule is C[C@H](NC(=O)[C@@H](C)NC(=O)OC(C)(C)C)c1ccc(F)c(F)c1. The molecule has 0 bridgehead atoms. The Morgan fingerprint density at radius 1 is 1.09 bits per heavy atom. The Hall–Kier alpha value is -2.18. The van der Waals surface area contributed by atoms with Crippen LogP contribution in [0.15, 0.2) is 18.2 Å². The fraction of sp³-hybridized carbons (Fsp3) is 0.500. The number of rotatable bonds is 4. The normalized spacial score (nSPS) is 13.9. The van der Waals surface area contributed by atoms with Crippen LogP contribution >= 0.6 is 0 Å². The number of benzene rings is 1. The van der Waals surface area contributed by atoms with E-state index >= 15 is 0 Å². The fourth-order valence-electron chi connectivity index (χ4n) is 1.75. The first-order valence-electron chi connectivity index (χ1n) is 7.24. The summed E-state index contributed by atoms with van der Waals surface area (Å²) in [6.45, 7) is 8.26. The van der Waals surface area contributed by atoms with Crippen LogP contribution in [0.3, 0.4) is 0 Å². The van der Waals surface area contributed by atoms with Gasteiger partial charge in [-0.2, -0.15) is 0 Å². The van der Waals surface area contributed by atoms with Crippen LogP contribution in [0.1, 0.15) is 46.2 Å². The molecule has 1 aromatic rings. The number of alkyl carbamates (subject to hydrolysis) is 1. The van der Waals surface area contributed by atoms with Crippen molar-refractivity contribution in [3.05, 3.63) is 35.4 Å². The third kappa shape index (κ3) is 6.22. The van der Waals surface area contributed by atoms with Crippen molar-refractivity contribution < 1.29 is 23.1 Å². The number of halogens is 2. The topological polar surface area (TPSA) is 67.4 Å². The molecule has 0 aliphatic heterocycles. The first-order valence-corrected chi connectivity index (χ1v) is 7.24. The second kappa shape index (κ2) is 7.39. The predicted octanol–water partition coefficient (Wildman–Crippen LogP) is 3.06. The van der Waals surface area contributed by atoms with Gasteiger partial charge in [-0.3, -0.25) is 4.79 Å². The van der Waals surface area contributed by atoms with Crippen molar-refractivity contribution >= 4 is 12.0 Å². The molecule has 2 atom stereocenters. The van der Waals surface area contributed by atoms with Crippen molar-refractivity contribution in [2.24, 2.45) is 0 Å². The highest BCUT2D eigenvalue weighted by molar-refractivity contribution is 5.85. The van der Waals surface area contributed by atoms with Crippen molar-refractivity contribution in [1.82, 2.24) is 10.6 Å². The Bertz CT molecular complexity index is 585. The summed E-state index contributed by atoms with van der Waals surface area (Å²) in [6.07, 6.45) is -0.708. The Morgan fingerprint density at radius 2 is 1.70 bits per heavy atom. The summed E-state index contributed by atoms with van der Waals surface area (Å²) in [7, 11) is 0. The number of nitrogens with one attached hydrogen (secondary N) is 2. The molecule has 0 aliphatic carbocycles. The second-order valence-corrected chi connectivity index (χ2v) is 6.27. The summed E-state index contributed by atoms with van der Waals surface area (Å²) >= 11 is 0. The second-order valence-electron chi connectivity index (χ2n) is 6.27. The van der Waals surface area contributed by atoms with Gasteiger partial charge in [0.1, 0.15) is 11.6 Å². The zero-order valence-corrected chi connectivity index (χ0v) is 13.9. The smallest absolute Gasteiger partial charge is 0.408 e. The molecule has 2 amide bonds. The summed E-state index contributed by atoms with van der Waals surface area (Å²) in [5, 5.41) is 5.02. The molecule has 0 aliphatic rings. The van der Waals surface area contributed by atoms with Crippen molar-refractivity contribution in [2.45, 2.75) is 52.3 Å². The Morgan fingerprint density at radius 3 is 2.22 bits per heavy atom. The van der Waals surface area contributed by atoms with Gasteiger partial charge in [0.15, 0.2) is 11.6 Å². The molecule has 0 fully saturated rings. The van der Waals surface area contributed by atoms with E-state index in [-0.39, 0.29) is 0 Å².